The zero-order valence-electron chi connectivity index (χ0n) is 14.4. The van der Waals surface area contributed by atoms with Crippen LogP contribution < -0.4 is 10.1 Å². The Labute approximate surface area is 168 Å². The van der Waals surface area contributed by atoms with Crippen LogP contribution in [0.25, 0.3) is 0 Å². The smallest absolute Gasteiger partial charge is 0.234 e. The number of ether oxygens (including phenoxy) is 1. The van der Waals surface area contributed by atoms with E-state index in [1.807, 2.05) is 30.3 Å². The van der Waals surface area contributed by atoms with E-state index in [1.165, 1.54) is 23.9 Å². The van der Waals surface area contributed by atoms with Crippen LogP contribution in [0.2, 0.25) is 0 Å². The molecule has 140 valence electrons. The van der Waals surface area contributed by atoms with Gasteiger partial charge in [0.1, 0.15) is 18.2 Å². The number of nitrogens with zero attached hydrogens (tertiary/aromatic N) is 3. The Hall–Kier alpha value is -2.39. The molecule has 0 bridgehead atoms. The Balaban J connectivity index is 1.53. The van der Waals surface area contributed by atoms with E-state index in [2.05, 4.69) is 31.4 Å². The number of nitrogens with one attached hydrogen (secondary N) is 1. The van der Waals surface area contributed by atoms with E-state index in [4.69, 9.17) is 4.74 Å². The van der Waals surface area contributed by atoms with E-state index in [1.54, 1.807) is 17.7 Å². The number of amides is 1. The Morgan fingerprint density at radius 2 is 2.04 bits per heavy atom. The fourth-order valence-corrected chi connectivity index (χ4v) is 3.23. The fourth-order valence-electron chi connectivity index (χ4n) is 2.17. The number of carbonyl (C=O) groups excluding carboxylic acids is 1. The molecule has 9 heteroatoms. The van der Waals surface area contributed by atoms with Crippen LogP contribution in [0.3, 0.4) is 0 Å². The van der Waals surface area contributed by atoms with Gasteiger partial charge in [-0.1, -0.05) is 45.9 Å². The van der Waals surface area contributed by atoms with Gasteiger partial charge in [-0.15, -0.1) is 10.2 Å². The number of anilines is 1. The maximum absolute atomic E-state index is 13.8. The van der Waals surface area contributed by atoms with Crippen molar-refractivity contribution in [1.82, 2.24) is 14.8 Å². The first-order chi connectivity index (χ1) is 13.0. The predicted molar refractivity (Wildman–Crippen MR) is 105 cm³/mol. The quantitative estimate of drug-likeness (QED) is 0.550. The van der Waals surface area contributed by atoms with Crippen molar-refractivity contribution in [3.8, 4) is 5.75 Å². The summed E-state index contributed by atoms with van der Waals surface area (Å²) in [6, 6.07) is 13.9. The van der Waals surface area contributed by atoms with Crippen LogP contribution in [-0.2, 0) is 18.4 Å². The molecule has 1 aromatic heterocycles. The van der Waals surface area contributed by atoms with Crippen LogP contribution in [0, 0.1) is 5.82 Å². The van der Waals surface area contributed by atoms with Gasteiger partial charge in [-0.25, -0.2) is 4.39 Å². The molecule has 0 aliphatic rings. The summed E-state index contributed by atoms with van der Waals surface area (Å²) < 4.78 is 21.8. The standard InChI is InChI=1S/C18H16BrFN4O2S/c1-24-16(10-26-13-5-3-2-4-6-13)22-23-18(24)27-11-17(25)21-15-8-7-12(19)9-14(15)20/h2-9H,10-11H2,1H3,(H,21,25). The molecule has 1 heterocycles. The molecule has 0 saturated carbocycles. The molecule has 3 rings (SSSR count). The third-order valence-electron chi connectivity index (χ3n) is 3.57. The molecule has 0 radical (unpaired) electrons. The molecule has 0 fully saturated rings. The molecule has 3 aromatic rings. The lowest BCUT2D eigenvalue weighted by atomic mass is 10.3. The van der Waals surface area contributed by atoms with Crippen LogP contribution >= 0.6 is 27.7 Å². The van der Waals surface area contributed by atoms with Crippen molar-refractivity contribution in [2.24, 2.45) is 7.05 Å². The van der Waals surface area contributed by atoms with Crippen molar-refractivity contribution in [3.05, 3.63) is 64.6 Å². The second kappa shape index (κ2) is 9.01. The van der Waals surface area contributed by atoms with Crippen LogP contribution in [0.5, 0.6) is 5.75 Å². The lowest BCUT2D eigenvalue weighted by Gasteiger charge is -2.07. The van der Waals surface area contributed by atoms with E-state index in [9.17, 15) is 9.18 Å². The predicted octanol–water partition coefficient (Wildman–Crippen LogP) is 4.03. The van der Waals surface area contributed by atoms with E-state index < -0.39 is 5.82 Å². The summed E-state index contributed by atoms with van der Waals surface area (Å²) in [5.74, 6) is 0.639. The summed E-state index contributed by atoms with van der Waals surface area (Å²) in [5.41, 5.74) is 0.138. The number of para-hydroxylation sites is 1. The zero-order chi connectivity index (χ0) is 19.2. The second-order valence-corrected chi connectivity index (χ2v) is 7.38. The minimum Gasteiger partial charge on any atom is -0.486 e. The third kappa shape index (κ3) is 5.30. The summed E-state index contributed by atoms with van der Waals surface area (Å²) in [6.07, 6.45) is 0. The number of hydrogen-bond acceptors (Lipinski definition) is 5. The number of rotatable bonds is 7. The van der Waals surface area contributed by atoms with Crippen molar-refractivity contribution in [2.45, 2.75) is 11.8 Å². The largest absolute Gasteiger partial charge is 0.486 e. The average molecular weight is 451 g/mol. The molecule has 27 heavy (non-hydrogen) atoms. The van der Waals surface area contributed by atoms with Gasteiger partial charge in [0.2, 0.25) is 5.91 Å². The zero-order valence-corrected chi connectivity index (χ0v) is 16.8. The Morgan fingerprint density at radius 3 is 2.78 bits per heavy atom. The lowest BCUT2D eigenvalue weighted by Crippen LogP contribution is -2.15. The first kappa shape index (κ1) is 19.4. The third-order valence-corrected chi connectivity index (χ3v) is 5.09. The molecule has 0 unspecified atom stereocenters. The van der Waals surface area contributed by atoms with E-state index >= 15 is 0 Å². The number of thioether (sulfide) groups is 1. The summed E-state index contributed by atoms with van der Waals surface area (Å²) in [5, 5.41) is 11.3. The highest BCUT2D eigenvalue weighted by molar-refractivity contribution is 9.10. The molecule has 1 N–H and O–H groups in total. The van der Waals surface area contributed by atoms with Gasteiger partial charge in [0.05, 0.1) is 11.4 Å². The van der Waals surface area contributed by atoms with Gasteiger partial charge in [0, 0.05) is 11.5 Å². The minimum atomic E-state index is -0.498. The molecule has 1 amide bonds. The van der Waals surface area contributed by atoms with Gasteiger partial charge >= 0.3 is 0 Å². The Bertz CT molecular complexity index is 936. The van der Waals surface area contributed by atoms with E-state index in [0.29, 0.717) is 15.5 Å². The Kier molecular flexibility index (Phi) is 6.46. The highest BCUT2D eigenvalue weighted by Gasteiger charge is 2.13. The van der Waals surface area contributed by atoms with Gasteiger partial charge in [0.25, 0.3) is 0 Å². The number of carbonyl (C=O) groups is 1. The topological polar surface area (TPSA) is 69.0 Å². The van der Waals surface area contributed by atoms with Crippen LogP contribution in [0.15, 0.2) is 58.2 Å². The van der Waals surface area contributed by atoms with Gasteiger partial charge in [-0.05, 0) is 30.3 Å². The van der Waals surface area contributed by atoms with E-state index in [-0.39, 0.29) is 24.0 Å². The highest BCUT2D eigenvalue weighted by atomic mass is 79.9. The highest BCUT2D eigenvalue weighted by Crippen LogP contribution is 2.21. The van der Waals surface area contributed by atoms with Crippen molar-refractivity contribution in [2.75, 3.05) is 11.1 Å². The second-order valence-electron chi connectivity index (χ2n) is 5.52. The molecule has 0 atom stereocenters. The molecule has 0 aliphatic carbocycles. The van der Waals surface area contributed by atoms with Crippen molar-refractivity contribution in [1.29, 1.82) is 0 Å². The van der Waals surface area contributed by atoms with Crippen LogP contribution in [0.1, 0.15) is 5.82 Å². The van der Waals surface area contributed by atoms with Gasteiger partial charge in [0.15, 0.2) is 11.0 Å². The number of benzene rings is 2. The first-order valence-corrected chi connectivity index (χ1v) is 9.74. The molecule has 0 aliphatic heterocycles. The van der Waals surface area contributed by atoms with Crippen LogP contribution in [0.4, 0.5) is 10.1 Å². The van der Waals surface area contributed by atoms with Gasteiger partial charge < -0.3 is 14.6 Å². The average Bonchev–Trinajstić information content (AvgIpc) is 3.01. The van der Waals surface area contributed by atoms with Gasteiger partial charge in [-0.2, -0.15) is 0 Å². The van der Waals surface area contributed by atoms with Gasteiger partial charge in [-0.3, -0.25) is 4.79 Å². The normalized spacial score (nSPS) is 10.6. The molecular formula is C18H16BrFN4O2S. The maximum atomic E-state index is 13.8. The first-order valence-electron chi connectivity index (χ1n) is 7.97. The van der Waals surface area contributed by atoms with Crippen molar-refractivity contribution < 1.29 is 13.9 Å². The summed E-state index contributed by atoms with van der Waals surface area (Å²) in [4.78, 5) is 12.1. The molecule has 0 spiro atoms. The number of halogens is 2. The summed E-state index contributed by atoms with van der Waals surface area (Å²) >= 11 is 4.39. The monoisotopic (exact) mass is 450 g/mol. The SMILES string of the molecule is Cn1c(COc2ccccc2)nnc1SCC(=O)Nc1ccc(Br)cc1F. The minimum absolute atomic E-state index is 0.0843. The summed E-state index contributed by atoms with van der Waals surface area (Å²) in [6.45, 7) is 0.268. The molecule has 0 saturated heterocycles. The number of aromatic nitrogens is 3. The van der Waals surface area contributed by atoms with E-state index in [0.717, 1.165) is 5.75 Å². The molecular weight excluding hydrogens is 435 g/mol. The maximum Gasteiger partial charge on any atom is 0.234 e. The van der Waals surface area contributed by atoms with Crippen LogP contribution in [-0.4, -0.2) is 26.4 Å². The Morgan fingerprint density at radius 1 is 1.26 bits per heavy atom. The molecule has 6 nitrogen and oxygen atoms in total. The lowest BCUT2D eigenvalue weighted by molar-refractivity contribution is -0.113. The number of hydrogen-bond donors (Lipinski definition) is 1. The van der Waals surface area contributed by atoms with Crippen molar-refractivity contribution in [3.63, 3.8) is 0 Å². The summed E-state index contributed by atoms with van der Waals surface area (Å²) in [7, 11) is 1.80. The molecule has 2 aromatic carbocycles. The van der Waals surface area contributed by atoms with Crippen molar-refractivity contribution >= 4 is 39.3 Å². The fraction of sp³-hybridized carbons (Fsp3) is 0.167.